The van der Waals surface area contributed by atoms with Crippen LogP contribution in [0.1, 0.15) is 25.0 Å². The lowest BCUT2D eigenvalue weighted by molar-refractivity contribution is 0.661. The summed E-state index contributed by atoms with van der Waals surface area (Å²) in [5.74, 6) is 1.90. The van der Waals surface area contributed by atoms with E-state index in [1.165, 1.54) is 27.0 Å². The van der Waals surface area contributed by atoms with Gasteiger partial charge in [-0.2, -0.15) is 0 Å². The first-order valence-electron chi connectivity index (χ1n) is 18.4. The molecule has 0 aliphatic heterocycles. The molecular formula is C49H32N4OS. The van der Waals surface area contributed by atoms with Gasteiger partial charge in [-0.1, -0.05) is 129 Å². The molecule has 55 heavy (non-hydrogen) atoms. The van der Waals surface area contributed by atoms with Crippen LogP contribution in [-0.2, 0) is 5.41 Å². The molecule has 5 nitrogen and oxygen atoms in total. The van der Waals surface area contributed by atoms with E-state index in [4.69, 9.17) is 19.4 Å². The molecule has 0 radical (unpaired) electrons. The third-order valence-electron chi connectivity index (χ3n) is 11.1. The van der Waals surface area contributed by atoms with Crippen molar-refractivity contribution in [1.82, 2.24) is 19.9 Å². The number of nitrogens with zero attached hydrogens (tertiary/aromatic N) is 4. The minimum absolute atomic E-state index is 0.163. The van der Waals surface area contributed by atoms with Crippen molar-refractivity contribution in [3.8, 4) is 67.5 Å². The lowest BCUT2D eigenvalue weighted by atomic mass is 9.81. The summed E-state index contributed by atoms with van der Waals surface area (Å²) >= 11 is 1.72. The minimum Gasteiger partial charge on any atom is -0.456 e. The molecule has 3 aromatic heterocycles. The monoisotopic (exact) mass is 724 g/mol. The molecule has 7 aromatic carbocycles. The van der Waals surface area contributed by atoms with Crippen LogP contribution in [0, 0.1) is 0 Å². The Labute approximate surface area is 321 Å². The van der Waals surface area contributed by atoms with E-state index in [9.17, 15) is 0 Å². The number of benzene rings is 7. The molecule has 0 fully saturated rings. The van der Waals surface area contributed by atoms with Crippen molar-refractivity contribution in [3.05, 3.63) is 168 Å². The molecule has 260 valence electrons. The number of thiazole rings is 1. The number of hydrogen-bond acceptors (Lipinski definition) is 6. The van der Waals surface area contributed by atoms with E-state index in [0.29, 0.717) is 17.5 Å². The Morgan fingerprint density at radius 3 is 1.93 bits per heavy atom. The summed E-state index contributed by atoms with van der Waals surface area (Å²) < 4.78 is 7.86. The van der Waals surface area contributed by atoms with Gasteiger partial charge in [-0.05, 0) is 75.3 Å². The molecule has 3 heterocycles. The van der Waals surface area contributed by atoms with Crippen molar-refractivity contribution < 1.29 is 4.42 Å². The predicted molar refractivity (Wildman–Crippen MR) is 225 cm³/mol. The molecule has 6 heteroatoms. The zero-order valence-corrected chi connectivity index (χ0v) is 30.9. The van der Waals surface area contributed by atoms with Gasteiger partial charge in [0.05, 0.1) is 15.7 Å². The zero-order chi connectivity index (χ0) is 36.7. The SMILES string of the molecule is CC1(C)c2cc(-c3cc(-c4cccc(-c5nc(-c6ccccc6)nc(-c6ccccc6)n5)c4)cc4oc5ccccc5c34)ccc2-c2c1ccc1ncsc21. The Kier molecular flexibility index (Phi) is 7.00. The fourth-order valence-electron chi connectivity index (χ4n) is 8.33. The highest BCUT2D eigenvalue weighted by Crippen LogP contribution is 2.53. The molecule has 0 amide bonds. The third kappa shape index (κ3) is 5.06. The fourth-order valence-corrected chi connectivity index (χ4v) is 9.18. The molecule has 0 saturated heterocycles. The second kappa shape index (κ2) is 12.1. The molecule has 1 aliphatic carbocycles. The average molecular weight is 725 g/mol. The van der Waals surface area contributed by atoms with Gasteiger partial charge in [0.15, 0.2) is 17.5 Å². The highest BCUT2D eigenvalue weighted by molar-refractivity contribution is 7.17. The molecule has 11 rings (SSSR count). The second-order valence-corrected chi connectivity index (χ2v) is 15.5. The first-order valence-corrected chi connectivity index (χ1v) is 19.3. The summed E-state index contributed by atoms with van der Waals surface area (Å²) in [6.45, 7) is 4.68. The van der Waals surface area contributed by atoms with Gasteiger partial charge in [-0.15, -0.1) is 11.3 Å². The van der Waals surface area contributed by atoms with E-state index < -0.39 is 0 Å². The first-order chi connectivity index (χ1) is 27.0. The average Bonchev–Trinajstić information content (AvgIpc) is 3.94. The Balaban J connectivity index is 1.09. The Morgan fingerprint density at radius 1 is 0.491 bits per heavy atom. The number of para-hydroxylation sites is 1. The second-order valence-electron chi connectivity index (χ2n) is 14.7. The van der Waals surface area contributed by atoms with Gasteiger partial charge in [-0.3, -0.25) is 0 Å². The van der Waals surface area contributed by atoms with Crippen LogP contribution < -0.4 is 0 Å². The van der Waals surface area contributed by atoms with Crippen molar-refractivity contribution in [2.45, 2.75) is 19.3 Å². The standard InChI is InChI=1S/C49H32N4OS/c1-49(2)38-22-23-40-45(55-28-50-40)44(38)35-21-20-32(26-39(35)49)37-25-34(27-42-43(37)36-18-9-10-19-41(36)54-42)31-16-11-17-33(24-31)48-52-46(29-12-5-3-6-13-29)51-47(53-48)30-14-7-4-8-15-30/h3-28H,1-2H3. The topological polar surface area (TPSA) is 64.7 Å². The van der Waals surface area contributed by atoms with E-state index in [-0.39, 0.29) is 5.41 Å². The van der Waals surface area contributed by atoms with Crippen molar-refractivity contribution in [2.75, 3.05) is 0 Å². The van der Waals surface area contributed by atoms with Crippen molar-refractivity contribution in [3.63, 3.8) is 0 Å². The molecule has 10 aromatic rings. The van der Waals surface area contributed by atoms with E-state index in [1.807, 2.05) is 72.2 Å². The van der Waals surface area contributed by atoms with Gasteiger partial charge < -0.3 is 4.42 Å². The maximum Gasteiger partial charge on any atom is 0.164 e. The number of hydrogen-bond donors (Lipinski definition) is 0. The van der Waals surface area contributed by atoms with E-state index in [1.54, 1.807) is 11.3 Å². The number of fused-ring (bicyclic) bond motifs is 8. The van der Waals surface area contributed by atoms with E-state index in [0.717, 1.165) is 66.4 Å². The van der Waals surface area contributed by atoms with E-state index >= 15 is 0 Å². The first kappa shape index (κ1) is 31.7. The van der Waals surface area contributed by atoms with E-state index in [2.05, 4.69) is 104 Å². The Hall–Kier alpha value is -6.76. The summed E-state index contributed by atoms with van der Waals surface area (Å²) in [6.07, 6.45) is 0. The van der Waals surface area contributed by atoms with Crippen LogP contribution in [0.3, 0.4) is 0 Å². The van der Waals surface area contributed by atoms with Crippen LogP contribution in [-0.4, -0.2) is 19.9 Å². The molecule has 0 spiro atoms. The number of furan rings is 1. The normalized spacial score (nSPS) is 13.1. The maximum absolute atomic E-state index is 6.61. The van der Waals surface area contributed by atoms with Gasteiger partial charge in [0.1, 0.15) is 11.2 Å². The lowest BCUT2D eigenvalue weighted by Gasteiger charge is -2.22. The van der Waals surface area contributed by atoms with Gasteiger partial charge in [0.25, 0.3) is 0 Å². The molecule has 1 aliphatic rings. The fraction of sp³-hybridized carbons (Fsp3) is 0.0612. The van der Waals surface area contributed by atoms with Gasteiger partial charge in [-0.25, -0.2) is 19.9 Å². The summed E-state index contributed by atoms with van der Waals surface area (Å²) in [5, 5.41) is 2.22. The van der Waals surface area contributed by atoms with Crippen LogP contribution in [0.5, 0.6) is 0 Å². The van der Waals surface area contributed by atoms with Crippen molar-refractivity contribution in [1.29, 1.82) is 0 Å². The summed E-state index contributed by atoms with van der Waals surface area (Å²) in [6, 6.07) is 52.9. The molecule has 0 N–H and O–H groups in total. The van der Waals surface area contributed by atoms with Crippen LogP contribution in [0.4, 0.5) is 0 Å². The summed E-state index contributed by atoms with van der Waals surface area (Å²) in [7, 11) is 0. The van der Waals surface area contributed by atoms with Crippen LogP contribution >= 0.6 is 11.3 Å². The number of rotatable bonds is 5. The predicted octanol–water partition coefficient (Wildman–Crippen LogP) is 13.0. The largest absolute Gasteiger partial charge is 0.456 e. The van der Waals surface area contributed by atoms with Crippen LogP contribution in [0.15, 0.2) is 162 Å². The number of aromatic nitrogens is 4. The highest BCUT2D eigenvalue weighted by atomic mass is 32.1. The van der Waals surface area contributed by atoms with Gasteiger partial charge >= 0.3 is 0 Å². The highest BCUT2D eigenvalue weighted by Gasteiger charge is 2.37. The third-order valence-corrected chi connectivity index (χ3v) is 11.9. The molecule has 0 atom stereocenters. The molecule has 0 bridgehead atoms. The van der Waals surface area contributed by atoms with Crippen molar-refractivity contribution >= 4 is 43.5 Å². The minimum atomic E-state index is -0.163. The Morgan fingerprint density at radius 2 is 1.16 bits per heavy atom. The molecular weight excluding hydrogens is 693 g/mol. The Bertz CT molecular complexity index is 3070. The zero-order valence-electron chi connectivity index (χ0n) is 30.1. The summed E-state index contributed by atoms with van der Waals surface area (Å²) in [4.78, 5) is 19.6. The van der Waals surface area contributed by atoms with Crippen LogP contribution in [0.2, 0.25) is 0 Å². The maximum atomic E-state index is 6.61. The molecule has 0 saturated carbocycles. The van der Waals surface area contributed by atoms with Gasteiger partial charge in [0, 0.05) is 38.4 Å². The summed E-state index contributed by atoms with van der Waals surface area (Å²) in [5.41, 5.74) is 17.1. The quantitative estimate of drug-likeness (QED) is 0.177. The lowest BCUT2D eigenvalue weighted by Crippen LogP contribution is -2.14. The van der Waals surface area contributed by atoms with Gasteiger partial charge in [0.2, 0.25) is 0 Å². The molecule has 0 unspecified atom stereocenters. The smallest absolute Gasteiger partial charge is 0.164 e. The van der Waals surface area contributed by atoms with Crippen LogP contribution in [0.25, 0.3) is 99.7 Å². The van der Waals surface area contributed by atoms with Crippen molar-refractivity contribution in [2.24, 2.45) is 0 Å².